The van der Waals surface area contributed by atoms with Crippen LogP contribution in [-0.2, 0) is 9.63 Å². The van der Waals surface area contributed by atoms with Gasteiger partial charge in [0.1, 0.15) is 24.4 Å². The van der Waals surface area contributed by atoms with Gasteiger partial charge in [-0.05, 0) is 60.5 Å². The molecule has 1 aliphatic heterocycles. The molecule has 3 aromatic rings. The molecular formula is C24H24FN5O3. The van der Waals surface area contributed by atoms with Crippen LogP contribution < -0.4 is 10.1 Å². The van der Waals surface area contributed by atoms with Gasteiger partial charge in [0.15, 0.2) is 0 Å². The van der Waals surface area contributed by atoms with Crippen LogP contribution in [-0.4, -0.2) is 40.5 Å². The Morgan fingerprint density at radius 1 is 1.18 bits per heavy atom. The van der Waals surface area contributed by atoms with Gasteiger partial charge < -0.3 is 19.5 Å². The first-order valence-electron chi connectivity index (χ1n) is 10.3. The molecule has 0 unspecified atom stereocenters. The van der Waals surface area contributed by atoms with Gasteiger partial charge in [-0.1, -0.05) is 18.2 Å². The third-order valence-corrected chi connectivity index (χ3v) is 5.35. The summed E-state index contributed by atoms with van der Waals surface area (Å²) in [6, 6.07) is 11.2. The molecule has 0 radical (unpaired) electrons. The van der Waals surface area contributed by atoms with E-state index in [1.807, 2.05) is 42.8 Å². The van der Waals surface area contributed by atoms with E-state index in [2.05, 4.69) is 15.5 Å². The number of rotatable bonds is 6. The van der Waals surface area contributed by atoms with E-state index in [4.69, 9.17) is 9.57 Å². The van der Waals surface area contributed by atoms with Crippen molar-refractivity contribution in [1.82, 2.24) is 19.8 Å². The van der Waals surface area contributed by atoms with Crippen molar-refractivity contribution in [2.24, 2.45) is 5.16 Å². The van der Waals surface area contributed by atoms with Crippen molar-refractivity contribution in [2.45, 2.75) is 19.9 Å². The van der Waals surface area contributed by atoms with Crippen LogP contribution in [0.4, 0.5) is 4.39 Å². The van der Waals surface area contributed by atoms with Crippen molar-refractivity contribution in [1.29, 1.82) is 0 Å². The monoisotopic (exact) mass is 449 g/mol. The van der Waals surface area contributed by atoms with Crippen LogP contribution in [0.25, 0.3) is 11.8 Å². The fourth-order valence-electron chi connectivity index (χ4n) is 3.68. The number of hydrogen-bond acceptors (Lipinski definition) is 5. The van der Waals surface area contributed by atoms with Gasteiger partial charge in [-0.3, -0.25) is 9.69 Å². The molecule has 2 aromatic carbocycles. The second kappa shape index (κ2) is 9.15. The third kappa shape index (κ3) is 4.43. The van der Waals surface area contributed by atoms with Crippen molar-refractivity contribution in [3.05, 3.63) is 83.3 Å². The lowest BCUT2D eigenvalue weighted by molar-refractivity contribution is -0.123. The molecule has 33 heavy (non-hydrogen) atoms. The van der Waals surface area contributed by atoms with E-state index in [-0.39, 0.29) is 17.7 Å². The SMILES string of the molecule is CO/N=C1\N/C(=C\c2ccc(-n3cnc(C)c3)c(OC)c2)C(=O)N1[C@@H](C)c1ccc(F)cc1. The molecule has 0 saturated carbocycles. The Balaban J connectivity index is 1.66. The van der Waals surface area contributed by atoms with Crippen molar-refractivity contribution in [3.63, 3.8) is 0 Å². The Morgan fingerprint density at radius 3 is 2.58 bits per heavy atom. The molecule has 1 atom stereocenters. The van der Waals surface area contributed by atoms with E-state index in [9.17, 15) is 9.18 Å². The van der Waals surface area contributed by atoms with Crippen LogP contribution in [0, 0.1) is 12.7 Å². The molecule has 1 saturated heterocycles. The average molecular weight is 449 g/mol. The zero-order valence-corrected chi connectivity index (χ0v) is 18.7. The highest BCUT2D eigenvalue weighted by Crippen LogP contribution is 2.29. The zero-order chi connectivity index (χ0) is 23.5. The van der Waals surface area contributed by atoms with E-state index >= 15 is 0 Å². The standard InChI is InChI=1S/C24H24FN5O3/c1-15-13-29(14-26-15)21-10-5-17(12-22(21)32-3)11-20-23(31)30(24(27-20)28-33-4)16(2)18-6-8-19(25)9-7-18/h5-14,16H,1-4H3,(H,27,28)/b20-11-/t16-/m0/s1. The minimum absolute atomic E-state index is 0.253. The van der Waals surface area contributed by atoms with Crippen molar-refractivity contribution < 1.29 is 18.8 Å². The fraction of sp³-hybridized carbons (Fsp3) is 0.208. The van der Waals surface area contributed by atoms with Gasteiger partial charge in [0.25, 0.3) is 5.91 Å². The van der Waals surface area contributed by atoms with Crippen LogP contribution >= 0.6 is 0 Å². The number of oxime groups is 1. The van der Waals surface area contributed by atoms with Crippen molar-refractivity contribution >= 4 is 17.9 Å². The van der Waals surface area contributed by atoms with E-state index in [0.717, 1.165) is 22.5 Å². The Labute approximate surface area is 190 Å². The molecule has 0 aliphatic carbocycles. The zero-order valence-electron chi connectivity index (χ0n) is 18.7. The van der Waals surface area contributed by atoms with Gasteiger partial charge in [-0.25, -0.2) is 9.37 Å². The fourth-order valence-corrected chi connectivity index (χ4v) is 3.68. The number of imidazole rings is 1. The highest BCUT2D eigenvalue weighted by atomic mass is 19.1. The number of guanidine groups is 1. The highest BCUT2D eigenvalue weighted by molar-refractivity contribution is 6.15. The summed E-state index contributed by atoms with van der Waals surface area (Å²) in [4.78, 5) is 23.9. The van der Waals surface area contributed by atoms with Gasteiger partial charge >= 0.3 is 0 Å². The number of ether oxygens (including phenoxy) is 1. The highest BCUT2D eigenvalue weighted by Gasteiger charge is 2.36. The number of carbonyl (C=O) groups is 1. The summed E-state index contributed by atoms with van der Waals surface area (Å²) in [5.74, 6) is 0.264. The molecule has 1 fully saturated rings. The lowest BCUT2D eigenvalue weighted by Gasteiger charge is -2.23. The Bertz CT molecular complexity index is 1230. The quantitative estimate of drug-likeness (QED) is 0.458. The summed E-state index contributed by atoms with van der Waals surface area (Å²) in [5, 5.41) is 6.98. The molecule has 4 rings (SSSR count). The van der Waals surface area contributed by atoms with Crippen LogP contribution in [0.5, 0.6) is 5.75 Å². The second-order valence-corrected chi connectivity index (χ2v) is 7.54. The topological polar surface area (TPSA) is 81.0 Å². The van der Waals surface area contributed by atoms with E-state index in [1.165, 1.54) is 24.1 Å². The number of aromatic nitrogens is 2. The lowest BCUT2D eigenvalue weighted by Crippen LogP contribution is -2.35. The number of methoxy groups -OCH3 is 1. The summed E-state index contributed by atoms with van der Waals surface area (Å²) < 4.78 is 20.8. The number of carbonyl (C=O) groups excluding carboxylic acids is 1. The molecule has 1 amide bonds. The summed E-state index contributed by atoms with van der Waals surface area (Å²) in [6.07, 6.45) is 5.34. The number of halogens is 1. The van der Waals surface area contributed by atoms with Gasteiger partial charge in [-0.2, -0.15) is 0 Å². The Kier molecular flexibility index (Phi) is 6.12. The molecule has 8 nitrogen and oxygen atoms in total. The number of hydrogen-bond donors (Lipinski definition) is 1. The molecule has 1 aliphatic rings. The van der Waals surface area contributed by atoms with Crippen LogP contribution in [0.3, 0.4) is 0 Å². The van der Waals surface area contributed by atoms with E-state index in [0.29, 0.717) is 11.4 Å². The first kappa shape index (κ1) is 22.1. The maximum atomic E-state index is 13.3. The number of nitrogens with zero attached hydrogens (tertiary/aromatic N) is 4. The number of benzene rings is 2. The smallest absolute Gasteiger partial charge is 0.277 e. The predicted octanol–water partition coefficient (Wildman–Crippen LogP) is 3.78. The maximum Gasteiger partial charge on any atom is 0.277 e. The summed E-state index contributed by atoms with van der Waals surface area (Å²) in [6.45, 7) is 3.75. The Morgan fingerprint density at radius 2 is 1.94 bits per heavy atom. The molecule has 0 bridgehead atoms. The number of amides is 1. The molecule has 0 spiro atoms. The first-order chi connectivity index (χ1) is 15.9. The third-order valence-electron chi connectivity index (χ3n) is 5.35. The summed E-state index contributed by atoms with van der Waals surface area (Å²) >= 11 is 0. The molecular weight excluding hydrogens is 425 g/mol. The van der Waals surface area contributed by atoms with Crippen LogP contribution in [0.1, 0.15) is 29.8 Å². The molecule has 170 valence electrons. The molecule has 1 aromatic heterocycles. The second-order valence-electron chi connectivity index (χ2n) is 7.54. The minimum atomic E-state index is -0.396. The first-order valence-corrected chi connectivity index (χ1v) is 10.3. The van der Waals surface area contributed by atoms with E-state index in [1.54, 1.807) is 31.6 Å². The van der Waals surface area contributed by atoms with Gasteiger partial charge in [0, 0.05) is 6.20 Å². The summed E-state index contributed by atoms with van der Waals surface area (Å²) in [5.41, 5.74) is 3.58. The lowest BCUT2D eigenvalue weighted by atomic mass is 10.1. The van der Waals surface area contributed by atoms with Crippen LogP contribution in [0.15, 0.2) is 65.8 Å². The van der Waals surface area contributed by atoms with Crippen molar-refractivity contribution in [3.8, 4) is 11.4 Å². The number of aryl methyl sites for hydroxylation is 1. The number of nitrogens with one attached hydrogen (secondary N) is 1. The normalized spacial score (nSPS) is 16.9. The molecule has 9 heteroatoms. The maximum absolute atomic E-state index is 13.3. The van der Waals surface area contributed by atoms with Crippen molar-refractivity contribution in [2.75, 3.05) is 14.2 Å². The predicted molar refractivity (Wildman–Crippen MR) is 122 cm³/mol. The summed E-state index contributed by atoms with van der Waals surface area (Å²) in [7, 11) is 3.00. The minimum Gasteiger partial charge on any atom is -0.495 e. The molecule has 1 N–H and O–H groups in total. The van der Waals surface area contributed by atoms with Gasteiger partial charge in [0.05, 0.1) is 30.9 Å². The largest absolute Gasteiger partial charge is 0.495 e. The van der Waals surface area contributed by atoms with Gasteiger partial charge in [-0.15, -0.1) is 0 Å². The average Bonchev–Trinajstić information content (AvgIpc) is 3.37. The Hall–Kier alpha value is -4.14. The molecule has 2 heterocycles. The van der Waals surface area contributed by atoms with Gasteiger partial charge in [0.2, 0.25) is 5.96 Å². The van der Waals surface area contributed by atoms with E-state index < -0.39 is 6.04 Å². The van der Waals surface area contributed by atoms with Crippen LogP contribution in [0.2, 0.25) is 0 Å².